The number of carbonyl (C=O) groups is 3. The van der Waals surface area contributed by atoms with Crippen molar-refractivity contribution in [2.45, 2.75) is 13.8 Å². The number of thioether (sulfide) groups is 1. The minimum Gasteiger partial charge on any atom is -0.441 e. The van der Waals surface area contributed by atoms with Crippen LogP contribution in [0, 0.1) is 13.8 Å². The lowest BCUT2D eigenvalue weighted by Gasteiger charge is -2.26. The number of carbonyl (C=O) groups excluding carboxylic acids is 3. The Hall–Kier alpha value is -3.04. The monoisotopic (exact) mass is 441 g/mol. The average Bonchev–Trinajstić information content (AvgIpc) is 3.32. The molecule has 2 fully saturated rings. The molecule has 1 aromatic heterocycles. The molecule has 9 heteroatoms. The van der Waals surface area contributed by atoms with Crippen molar-refractivity contribution in [2.24, 2.45) is 0 Å². The Morgan fingerprint density at radius 3 is 2.55 bits per heavy atom. The predicted molar refractivity (Wildman–Crippen MR) is 119 cm³/mol. The molecule has 3 heterocycles. The highest BCUT2D eigenvalue weighted by Crippen LogP contribution is 2.33. The number of imide groups is 1. The molecular weight excluding hydrogens is 418 g/mol. The van der Waals surface area contributed by atoms with Gasteiger partial charge in [0.05, 0.1) is 18.1 Å². The van der Waals surface area contributed by atoms with Gasteiger partial charge in [-0.3, -0.25) is 19.3 Å². The second-order valence-corrected chi connectivity index (χ2v) is 8.35. The van der Waals surface area contributed by atoms with Gasteiger partial charge in [-0.25, -0.2) is 0 Å². The van der Waals surface area contributed by atoms with Gasteiger partial charge in [0.25, 0.3) is 11.1 Å². The maximum atomic E-state index is 12.7. The number of amides is 3. The number of furan rings is 1. The molecule has 4 rings (SSSR count). The van der Waals surface area contributed by atoms with Gasteiger partial charge in [0, 0.05) is 30.9 Å². The number of ether oxygens (including phenoxy) is 1. The molecule has 31 heavy (non-hydrogen) atoms. The van der Waals surface area contributed by atoms with Crippen LogP contribution in [0.5, 0.6) is 0 Å². The van der Waals surface area contributed by atoms with Crippen molar-refractivity contribution in [3.8, 4) is 0 Å². The lowest BCUT2D eigenvalue weighted by molar-refractivity contribution is -0.127. The third-order valence-corrected chi connectivity index (χ3v) is 6.04. The van der Waals surface area contributed by atoms with Gasteiger partial charge in [0.1, 0.15) is 12.3 Å². The Morgan fingerprint density at radius 2 is 1.84 bits per heavy atom. The normalized spacial score (nSPS) is 18.2. The number of para-hydroxylation sites is 1. The first kappa shape index (κ1) is 21.2. The Balaban J connectivity index is 1.43. The summed E-state index contributed by atoms with van der Waals surface area (Å²) in [5.74, 6) is 0.248. The summed E-state index contributed by atoms with van der Waals surface area (Å²) in [7, 11) is 0. The number of hydrogen-bond donors (Lipinski definition) is 1. The van der Waals surface area contributed by atoms with E-state index in [0.29, 0.717) is 30.5 Å². The lowest BCUT2D eigenvalue weighted by atomic mass is 10.1. The van der Waals surface area contributed by atoms with Crippen LogP contribution < -0.4 is 10.2 Å². The maximum absolute atomic E-state index is 12.7. The number of nitrogens with one attached hydrogen (secondary N) is 1. The molecule has 162 valence electrons. The predicted octanol–water partition coefficient (Wildman–Crippen LogP) is 3.41. The molecule has 0 unspecified atom stereocenters. The summed E-state index contributed by atoms with van der Waals surface area (Å²) in [6.07, 6.45) is 1.54. The average molecular weight is 442 g/mol. The Morgan fingerprint density at radius 1 is 1.13 bits per heavy atom. The third kappa shape index (κ3) is 4.67. The first-order valence-corrected chi connectivity index (χ1v) is 10.8. The van der Waals surface area contributed by atoms with Gasteiger partial charge in [0.15, 0.2) is 5.88 Å². The highest BCUT2D eigenvalue weighted by molar-refractivity contribution is 8.18. The van der Waals surface area contributed by atoms with Crippen LogP contribution in [-0.4, -0.2) is 54.8 Å². The molecule has 0 radical (unpaired) electrons. The molecule has 2 saturated heterocycles. The SMILES string of the molecule is Cc1cccc(C)c1NC(=O)CN1C(=O)S/C(=C/c2ccc(N3CCOCC3)o2)C1=O. The minimum absolute atomic E-state index is 0.229. The Kier molecular flexibility index (Phi) is 6.15. The molecule has 2 aliphatic rings. The van der Waals surface area contributed by atoms with E-state index in [0.717, 1.165) is 40.9 Å². The molecule has 3 amide bonds. The van der Waals surface area contributed by atoms with E-state index in [4.69, 9.17) is 9.15 Å². The fraction of sp³-hybridized carbons (Fsp3) is 0.318. The van der Waals surface area contributed by atoms with Crippen molar-refractivity contribution in [3.63, 3.8) is 0 Å². The fourth-order valence-electron chi connectivity index (χ4n) is 3.47. The molecule has 2 aromatic rings. The summed E-state index contributed by atoms with van der Waals surface area (Å²) in [5.41, 5.74) is 2.52. The van der Waals surface area contributed by atoms with Crippen LogP contribution in [0.2, 0.25) is 0 Å². The number of rotatable bonds is 5. The summed E-state index contributed by atoms with van der Waals surface area (Å²) >= 11 is 0.801. The van der Waals surface area contributed by atoms with Crippen molar-refractivity contribution in [1.29, 1.82) is 0 Å². The molecule has 0 spiro atoms. The second-order valence-electron chi connectivity index (χ2n) is 7.36. The second kappa shape index (κ2) is 8.99. The van der Waals surface area contributed by atoms with Crippen LogP contribution in [-0.2, 0) is 14.3 Å². The minimum atomic E-state index is -0.504. The molecular formula is C22H23N3O5S. The van der Waals surface area contributed by atoms with Crippen LogP contribution in [0.15, 0.2) is 39.7 Å². The fourth-order valence-corrected chi connectivity index (χ4v) is 4.29. The highest BCUT2D eigenvalue weighted by atomic mass is 32.2. The highest BCUT2D eigenvalue weighted by Gasteiger charge is 2.36. The van der Waals surface area contributed by atoms with E-state index in [1.807, 2.05) is 38.1 Å². The molecule has 2 aliphatic heterocycles. The zero-order chi connectivity index (χ0) is 22.0. The van der Waals surface area contributed by atoms with Gasteiger partial charge in [-0.05, 0) is 42.8 Å². The van der Waals surface area contributed by atoms with Crippen LogP contribution in [0.25, 0.3) is 6.08 Å². The largest absolute Gasteiger partial charge is 0.441 e. The molecule has 1 aromatic carbocycles. The van der Waals surface area contributed by atoms with E-state index >= 15 is 0 Å². The van der Waals surface area contributed by atoms with E-state index in [2.05, 4.69) is 10.2 Å². The topological polar surface area (TPSA) is 92.1 Å². The smallest absolute Gasteiger partial charge is 0.294 e. The number of morpholine rings is 1. The number of hydrogen-bond acceptors (Lipinski definition) is 7. The van der Waals surface area contributed by atoms with E-state index < -0.39 is 17.1 Å². The Labute approximate surface area is 184 Å². The number of benzene rings is 1. The maximum Gasteiger partial charge on any atom is 0.294 e. The first-order valence-electron chi connectivity index (χ1n) is 9.96. The molecule has 0 atom stereocenters. The molecule has 8 nitrogen and oxygen atoms in total. The van der Waals surface area contributed by atoms with Gasteiger partial charge < -0.3 is 19.4 Å². The van der Waals surface area contributed by atoms with Crippen molar-refractivity contribution in [3.05, 3.63) is 52.1 Å². The summed E-state index contributed by atoms with van der Waals surface area (Å²) in [6, 6.07) is 9.27. The first-order chi connectivity index (χ1) is 14.9. The zero-order valence-electron chi connectivity index (χ0n) is 17.3. The third-order valence-electron chi connectivity index (χ3n) is 5.13. The molecule has 0 saturated carbocycles. The van der Waals surface area contributed by atoms with Gasteiger partial charge in [-0.2, -0.15) is 0 Å². The van der Waals surface area contributed by atoms with Crippen molar-refractivity contribution >= 4 is 46.5 Å². The number of anilines is 2. The molecule has 0 bridgehead atoms. The van der Waals surface area contributed by atoms with E-state index in [1.54, 1.807) is 6.07 Å². The van der Waals surface area contributed by atoms with Crippen LogP contribution >= 0.6 is 11.8 Å². The summed E-state index contributed by atoms with van der Waals surface area (Å²) in [4.78, 5) is 40.8. The van der Waals surface area contributed by atoms with Crippen molar-refractivity contribution in [2.75, 3.05) is 43.1 Å². The number of aryl methyl sites for hydroxylation is 2. The zero-order valence-corrected chi connectivity index (χ0v) is 18.2. The molecule has 1 N–H and O–H groups in total. The summed E-state index contributed by atoms with van der Waals surface area (Å²) < 4.78 is 11.1. The van der Waals surface area contributed by atoms with E-state index in [9.17, 15) is 14.4 Å². The van der Waals surface area contributed by atoms with Crippen molar-refractivity contribution < 1.29 is 23.5 Å². The molecule has 0 aliphatic carbocycles. The van der Waals surface area contributed by atoms with E-state index in [1.165, 1.54) is 6.08 Å². The van der Waals surface area contributed by atoms with Crippen LogP contribution in [0.4, 0.5) is 16.4 Å². The standard InChI is InChI=1S/C22H23N3O5S/c1-14-4-3-5-15(2)20(14)23-18(26)13-25-21(27)17(31-22(25)28)12-16-6-7-19(30-16)24-8-10-29-11-9-24/h3-7,12H,8-11,13H2,1-2H3,(H,23,26)/b17-12+. The summed E-state index contributed by atoms with van der Waals surface area (Å²) in [5, 5.41) is 2.32. The summed E-state index contributed by atoms with van der Waals surface area (Å²) in [6.45, 7) is 6.18. The Bertz CT molecular complexity index is 1030. The van der Waals surface area contributed by atoms with Gasteiger partial charge in [0.2, 0.25) is 5.91 Å². The van der Waals surface area contributed by atoms with Gasteiger partial charge >= 0.3 is 0 Å². The van der Waals surface area contributed by atoms with Gasteiger partial charge in [-0.15, -0.1) is 0 Å². The quantitative estimate of drug-likeness (QED) is 0.711. The lowest BCUT2D eigenvalue weighted by Crippen LogP contribution is -2.36. The van der Waals surface area contributed by atoms with Gasteiger partial charge in [-0.1, -0.05) is 18.2 Å². The van der Waals surface area contributed by atoms with E-state index in [-0.39, 0.29) is 11.4 Å². The number of nitrogens with zero attached hydrogens (tertiary/aromatic N) is 2. The van der Waals surface area contributed by atoms with Crippen molar-refractivity contribution in [1.82, 2.24) is 4.90 Å². The van der Waals surface area contributed by atoms with Crippen LogP contribution in [0.1, 0.15) is 16.9 Å². The van der Waals surface area contributed by atoms with Crippen LogP contribution in [0.3, 0.4) is 0 Å².